The molecule has 4 rings (SSSR count). The first-order chi connectivity index (χ1) is 17.7. The highest BCUT2D eigenvalue weighted by Gasteiger charge is 2.61. The molecule has 1 saturated carbocycles. The van der Waals surface area contributed by atoms with Crippen LogP contribution in [0.5, 0.6) is 0 Å². The molecule has 0 spiro atoms. The lowest BCUT2D eigenvalue weighted by molar-refractivity contribution is -0.196. The molecule has 4 fully saturated rings. The fraction of sp³-hybridized carbons (Fsp3) is 0.792. The van der Waals surface area contributed by atoms with Crippen molar-refractivity contribution in [2.75, 3.05) is 6.54 Å². The molecule has 3 heterocycles. The molecule has 0 unspecified atom stereocenters. The molecular formula is C24H32F5N5O4. The van der Waals surface area contributed by atoms with Gasteiger partial charge in [-0.05, 0) is 44.4 Å². The molecule has 9 nitrogen and oxygen atoms in total. The number of hydrogen-bond donors (Lipinski definition) is 3. The second-order valence-corrected chi connectivity index (χ2v) is 10.7. The molecule has 4 aliphatic rings. The van der Waals surface area contributed by atoms with Crippen LogP contribution in [0, 0.1) is 29.1 Å². The number of carbonyl (C=O) groups excluding carboxylic acids is 4. The highest BCUT2D eigenvalue weighted by molar-refractivity contribution is 5.94. The first kappa shape index (κ1) is 29.6. The summed E-state index contributed by atoms with van der Waals surface area (Å²) in [7, 11) is 0. The Kier molecular flexibility index (Phi) is 8.88. The van der Waals surface area contributed by atoms with Gasteiger partial charge in [0.25, 0.3) is 5.92 Å². The molecule has 0 radical (unpaired) electrons. The van der Waals surface area contributed by atoms with Gasteiger partial charge in [-0.1, -0.05) is 13.8 Å². The van der Waals surface area contributed by atoms with Crippen molar-refractivity contribution in [2.24, 2.45) is 17.8 Å². The van der Waals surface area contributed by atoms with Crippen molar-refractivity contribution in [1.29, 1.82) is 5.26 Å². The van der Waals surface area contributed by atoms with Crippen LogP contribution in [0.4, 0.5) is 22.0 Å². The zero-order valence-electron chi connectivity index (χ0n) is 21.1. The number of alkyl halides is 5. The Labute approximate surface area is 216 Å². The van der Waals surface area contributed by atoms with E-state index in [0.717, 1.165) is 4.90 Å². The Hall–Kier alpha value is -2.98. The Morgan fingerprint density at radius 2 is 1.87 bits per heavy atom. The molecule has 2 bridgehead atoms. The number of piperidine rings is 3. The lowest BCUT2D eigenvalue weighted by atomic mass is 9.71. The average Bonchev–Trinajstić information content (AvgIpc) is 2.82. The predicted molar refractivity (Wildman–Crippen MR) is 122 cm³/mol. The molecule has 38 heavy (non-hydrogen) atoms. The number of fused-ring (bicyclic) bond motifs is 3. The molecule has 0 aromatic heterocycles. The second-order valence-electron chi connectivity index (χ2n) is 10.7. The van der Waals surface area contributed by atoms with E-state index in [9.17, 15) is 46.4 Å². The number of nitriles is 1. The van der Waals surface area contributed by atoms with Crippen LogP contribution in [0.1, 0.15) is 58.8 Å². The minimum atomic E-state index is -5.27. The summed E-state index contributed by atoms with van der Waals surface area (Å²) < 4.78 is 68.7. The first-order valence-corrected chi connectivity index (χ1v) is 12.7. The van der Waals surface area contributed by atoms with Crippen LogP contribution in [0.25, 0.3) is 0 Å². The summed E-state index contributed by atoms with van der Waals surface area (Å²) in [6.07, 6.45) is -5.15. The molecule has 0 aromatic rings. The number of carbonyl (C=O) groups is 4. The van der Waals surface area contributed by atoms with E-state index in [1.54, 1.807) is 19.2 Å². The van der Waals surface area contributed by atoms with Crippen LogP contribution in [-0.2, 0) is 19.2 Å². The standard InChI is InChI=1S/C24H32F5N5O4/c1-12(2)8-17(33-22(38)24(27,28)29)21(37)34-15-5-6-16(23(25,26)10-15)18(34)20(36)32-14(11-30)9-13-4-3-7-31-19(13)35/h12-18H,3-10H2,1-2H3,(H,31,35)(H,32,36)(H,33,38)/t13-,14+,15-,16-,17+,18-/m0/s1. The third-order valence-corrected chi connectivity index (χ3v) is 7.42. The summed E-state index contributed by atoms with van der Waals surface area (Å²) in [4.78, 5) is 51.5. The van der Waals surface area contributed by atoms with Crippen LogP contribution >= 0.6 is 0 Å². The molecule has 6 atom stereocenters. The normalized spacial score (nSPS) is 28.2. The van der Waals surface area contributed by atoms with Crippen molar-refractivity contribution in [3.8, 4) is 6.07 Å². The van der Waals surface area contributed by atoms with Gasteiger partial charge in [0, 0.05) is 24.9 Å². The van der Waals surface area contributed by atoms with E-state index in [0.29, 0.717) is 19.4 Å². The van der Waals surface area contributed by atoms with Gasteiger partial charge < -0.3 is 20.9 Å². The van der Waals surface area contributed by atoms with Crippen LogP contribution < -0.4 is 16.0 Å². The van der Waals surface area contributed by atoms with Crippen LogP contribution in [0.15, 0.2) is 0 Å². The highest BCUT2D eigenvalue weighted by Crippen LogP contribution is 2.49. The van der Waals surface area contributed by atoms with Crippen molar-refractivity contribution in [3.05, 3.63) is 0 Å². The summed E-state index contributed by atoms with van der Waals surface area (Å²) in [6.45, 7) is 3.71. The Balaban J connectivity index is 1.87. The monoisotopic (exact) mass is 549 g/mol. The minimum Gasteiger partial charge on any atom is -0.356 e. The number of halogens is 5. The maximum atomic E-state index is 14.9. The first-order valence-electron chi connectivity index (χ1n) is 12.7. The van der Waals surface area contributed by atoms with Crippen LogP contribution in [0.2, 0.25) is 0 Å². The number of hydrogen-bond acceptors (Lipinski definition) is 5. The largest absolute Gasteiger partial charge is 0.471 e. The highest BCUT2D eigenvalue weighted by atomic mass is 19.4. The van der Waals surface area contributed by atoms with Crippen LogP contribution in [-0.4, -0.2) is 71.3 Å². The van der Waals surface area contributed by atoms with Gasteiger partial charge in [0.05, 0.1) is 12.0 Å². The van der Waals surface area contributed by atoms with Gasteiger partial charge in [0.1, 0.15) is 18.1 Å². The zero-order chi connectivity index (χ0) is 28.4. The SMILES string of the molecule is CC(C)C[C@@H](NC(=O)C(F)(F)F)C(=O)N1[C@H]2CC[C@@H]([C@H]1C(=O)N[C@@H](C#N)C[C@@H]1CCCNC1=O)C(F)(F)C2. The van der Waals surface area contributed by atoms with Crippen molar-refractivity contribution in [3.63, 3.8) is 0 Å². The predicted octanol–water partition coefficient (Wildman–Crippen LogP) is 2.02. The molecule has 4 amide bonds. The number of rotatable bonds is 8. The summed E-state index contributed by atoms with van der Waals surface area (Å²) in [5.41, 5.74) is 0. The lowest BCUT2D eigenvalue weighted by Crippen LogP contribution is -2.71. The van der Waals surface area contributed by atoms with Gasteiger partial charge in [-0.2, -0.15) is 18.4 Å². The van der Waals surface area contributed by atoms with Gasteiger partial charge in [-0.15, -0.1) is 0 Å². The van der Waals surface area contributed by atoms with E-state index >= 15 is 0 Å². The topological polar surface area (TPSA) is 131 Å². The molecule has 0 aromatic carbocycles. The Morgan fingerprint density at radius 1 is 1.18 bits per heavy atom. The minimum absolute atomic E-state index is 0.0587. The van der Waals surface area contributed by atoms with Gasteiger partial charge >= 0.3 is 12.1 Å². The smallest absolute Gasteiger partial charge is 0.356 e. The summed E-state index contributed by atoms with van der Waals surface area (Å²) in [5, 5.41) is 16.3. The zero-order valence-corrected chi connectivity index (χ0v) is 21.1. The van der Waals surface area contributed by atoms with Crippen LogP contribution in [0.3, 0.4) is 0 Å². The second kappa shape index (κ2) is 11.4. The van der Waals surface area contributed by atoms with E-state index in [2.05, 4.69) is 10.6 Å². The summed E-state index contributed by atoms with van der Waals surface area (Å²) in [5.74, 6) is -10.6. The fourth-order valence-corrected chi connectivity index (χ4v) is 5.68. The number of amides is 4. The van der Waals surface area contributed by atoms with Crippen molar-refractivity contribution < 1.29 is 41.1 Å². The van der Waals surface area contributed by atoms with Gasteiger partial charge in [0.2, 0.25) is 17.7 Å². The Morgan fingerprint density at radius 3 is 2.42 bits per heavy atom. The van der Waals surface area contributed by atoms with Crippen molar-refractivity contribution >= 4 is 23.6 Å². The van der Waals surface area contributed by atoms with Gasteiger partial charge in [-0.25, -0.2) is 8.78 Å². The summed E-state index contributed by atoms with van der Waals surface area (Å²) >= 11 is 0. The maximum absolute atomic E-state index is 14.9. The maximum Gasteiger partial charge on any atom is 0.471 e. The van der Waals surface area contributed by atoms with E-state index < -0.39 is 72.2 Å². The third-order valence-electron chi connectivity index (χ3n) is 7.42. The molecule has 1 aliphatic carbocycles. The van der Waals surface area contributed by atoms with Gasteiger partial charge in [0.15, 0.2) is 0 Å². The van der Waals surface area contributed by atoms with E-state index in [4.69, 9.17) is 0 Å². The van der Waals surface area contributed by atoms with Gasteiger partial charge in [-0.3, -0.25) is 19.2 Å². The lowest BCUT2D eigenvalue weighted by Gasteiger charge is -2.54. The van der Waals surface area contributed by atoms with E-state index in [-0.39, 0.29) is 37.5 Å². The Bertz CT molecular complexity index is 982. The van der Waals surface area contributed by atoms with E-state index in [1.165, 1.54) is 0 Å². The molecule has 3 aliphatic heterocycles. The van der Waals surface area contributed by atoms with E-state index in [1.807, 2.05) is 6.07 Å². The fourth-order valence-electron chi connectivity index (χ4n) is 5.68. The van der Waals surface area contributed by atoms with Crippen molar-refractivity contribution in [2.45, 2.75) is 95.1 Å². The molecular weight excluding hydrogens is 517 g/mol. The average molecular weight is 550 g/mol. The molecule has 3 saturated heterocycles. The number of nitrogens with one attached hydrogen (secondary N) is 3. The third kappa shape index (κ3) is 6.53. The molecule has 3 N–H and O–H groups in total. The quantitative estimate of drug-likeness (QED) is 0.399. The summed E-state index contributed by atoms with van der Waals surface area (Å²) in [6, 6.07) is -3.93. The molecule has 212 valence electrons. The van der Waals surface area contributed by atoms with Crippen molar-refractivity contribution in [1.82, 2.24) is 20.9 Å². The molecule has 14 heteroatoms. The number of nitrogens with zero attached hydrogens (tertiary/aromatic N) is 2.